The highest BCUT2D eigenvalue weighted by Gasteiger charge is 2.41. The van der Waals surface area contributed by atoms with Crippen molar-refractivity contribution in [2.75, 3.05) is 0 Å². The summed E-state index contributed by atoms with van der Waals surface area (Å²) in [7, 11) is 0. The van der Waals surface area contributed by atoms with E-state index in [-0.39, 0.29) is 6.61 Å². The van der Waals surface area contributed by atoms with Gasteiger partial charge in [-0.05, 0) is 11.1 Å². The average molecular weight is 324 g/mol. The number of rotatable bonds is 5. The monoisotopic (exact) mass is 324 g/mol. The summed E-state index contributed by atoms with van der Waals surface area (Å²) in [4.78, 5) is 35.6. The summed E-state index contributed by atoms with van der Waals surface area (Å²) in [5.74, 6) is -2.45. The molecule has 1 heterocycles. The molecule has 3 rings (SSSR count). The number of hydrogen-bond acceptors (Lipinski definition) is 4. The zero-order valence-corrected chi connectivity index (χ0v) is 12.8. The summed E-state index contributed by atoms with van der Waals surface area (Å²) < 4.78 is 5.90. The van der Waals surface area contributed by atoms with Gasteiger partial charge in [0.15, 0.2) is 0 Å². The molecule has 24 heavy (non-hydrogen) atoms. The third-order valence-corrected chi connectivity index (χ3v) is 3.74. The molecule has 1 atom stereocenters. The quantitative estimate of drug-likeness (QED) is 0.823. The van der Waals surface area contributed by atoms with Gasteiger partial charge in [0.25, 0.3) is 0 Å². The SMILES string of the molecule is O=C1NC(=O)C(C(OCc2ccccc2)c2ccccc2)C(=O)N1. The highest BCUT2D eigenvalue weighted by atomic mass is 16.5. The number of carbonyl (C=O) groups excluding carboxylic acids is 3. The average Bonchev–Trinajstić information content (AvgIpc) is 2.58. The van der Waals surface area contributed by atoms with Crippen LogP contribution in [0.3, 0.4) is 0 Å². The summed E-state index contributed by atoms with van der Waals surface area (Å²) in [6.45, 7) is 0.241. The fraction of sp³-hybridized carbons (Fsp3) is 0.167. The molecule has 2 aromatic rings. The number of amides is 4. The van der Waals surface area contributed by atoms with Gasteiger partial charge < -0.3 is 4.74 Å². The Labute approximate surface area is 138 Å². The van der Waals surface area contributed by atoms with Gasteiger partial charge in [0.1, 0.15) is 12.0 Å². The third-order valence-electron chi connectivity index (χ3n) is 3.74. The molecule has 1 aliphatic rings. The Morgan fingerprint density at radius 3 is 1.96 bits per heavy atom. The van der Waals surface area contributed by atoms with Crippen LogP contribution in [0.15, 0.2) is 60.7 Å². The fourth-order valence-corrected chi connectivity index (χ4v) is 2.59. The second-order valence-electron chi connectivity index (χ2n) is 5.41. The van der Waals surface area contributed by atoms with Crippen LogP contribution in [-0.2, 0) is 20.9 Å². The summed E-state index contributed by atoms with van der Waals surface area (Å²) in [5, 5.41) is 4.24. The highest BCUT2D eigenvalue weighted by molar-refractivity contribution is 6.16. The van der Waals surface area contributed by atoms with Crippen molar-refractivity contribution in [2.24, 2.45) is 5.92 Å². The minimum Gasteiger partial charge on any atom is -0.367 e. The minimum atomic E-state index is -1.13. The minimum absolute atomic E-state index is 0.241. The molecule has 1 fully saturated rings. The van der Waals surface area contributed by atoms with Gasteiger partial charge >= 0.3 is 6.03 Å². The summed E-state index contributed by atoms with van der Waals surface area (Å²) in [6.07, 6.45) is -0.792. The number of barbiturate groups is 1. The molecule has 1 aliphatic heterocycles. The second-order valence-corrected chi connectivity index (χ2v) is 5.41. The van der Waals surface area contributed by atoms with Crippen molar-refractivity contribution in [3.8, 4) is 0 Å². The molecule has 1 saturated heterocycles. The van der Waals surface area contributed by atoms with Gasteiger partial charge in [-0.25, -0.2) is 4.79 Å². The van der Waals surface area contributed by atoms with E-state index in [1.165, 1.54) is 0 Å². The van der Waals surface area contributed by atoms with Crippen LogP contribution < -0.4 is 10.6 Å². The topological polar surface area (TPSA) is 84.5 Å². The van der Waals surface area contributed by atoms with Crippen LogP contribution in [0.1, 0.15) is 17.2 Å². The van der Waals surface area contributed by atoms with E-state index in [0.717, 1.165) is 5.56 Å². The van der Waals surface area contributed by atoms with Gasteiger partial charge in [0, 0.05) is 0 Å². The van der Waals surface area contributed by atoms with Crippen molar-refractivity contribution in [2.45, 2.75) is 12.7 Å². The van der Waals surface area contributed by atoms with E-state index in [2.05, 4.69) is 10.6 Å². The summed E-state index contributed by atoms with van der Waals surface area (Å²) in [6, 6.07) is 17.7. The van der Waals surface area contributed by atoms with Crippen LogP contribution in [0.4, 0.5) is 4.79 Å². The van der Waals surface area contributed by atoms with Gasteiger partial charge in [-0.2, -0.15) is 0 Å². The van der Waals surface area contributed by atoms with Crippen LogP contribution in [0.5, 0.6) is 0 Å². The Bertz CT molecular complexity index is 726. The number of ether oxygens (including phenoxy) is 1. The lowest BCUT2D eigenvalue weighted by Gasteiger charge is -2.28. The number of hydrogen-bond donors (Lipinski definition) is 2. The molecule has 0 aliphatic carbocycles. The van der Waals surface area contributed by atoms with Crippen molar-refractivity contribution in [3.63, 3.8) is 0 Å². The van der Waals surface area contributed by atoms with Crippen LogP contribution >= 0.6 is 0 Å². The molecule has 122 valence electrons. The molecule has 0 radical (unpaired) electrons. The van der Waals surface area contributed by atoms with E-state index < -0.39 is 29.9 Å². The van der Waals surface area contributed by atoms with Crippen molar-refractivity contribution in [1.29, 1.82) is 0 Å². The lowest BCUT2D eigenvalue weighted by Crippen LogP contribution is -2.57. The lowest BCUT2D eigenvalue weighted by atomic mass is 9.92. The van der Waals surface area contributed by atoms with E-state index in [4.69, 9.17) is 4.74 Å². The number of urea groups is 1. The second kappa shape index (κ2) is 7.06. The molecule has 6 heteroatoms. The Kier molecular flexibility index (Phi) is 4.67. The molecular formula is C18H16N2O4. The molecule has 0 saturated carbocycles. The van der Waals surface area contributed by atoms with E-state index >= 15 is 0 Å². The standard InChI is InChI=1S/C18H16N2O4/c21-16-14(17(22)20-18(23)19-16)15(13-9-5-2-6-10-13)24-11-12-7-3-1-4-8-12/h1-10,14-15H,11H2,(H2,19,20,21,22,23). The first kappa shape index (κ1) is 15.9. The number of benzene rings is 2. The smallest absolute Gasteiger partial charge is 0.328 e. The zero-order chi connectivity index (χ0) is 16.9. The first-order valence-corrected chi connectivity index (χ1v) is 7.51. The molecule has 1 unspecified atom stereocenters. The van der Waals surface area contributed by atoms with Crippen LogP contribution in [0.2, 0.25) is 0 Å². The van der Waals surface area contributed by atoms with Gasteiger partial charge in [-0.1, -0.05) is 60.7 Å². The molecule has 0 aromatic heterocycles. The predicted molar refractivity (Wildman–Crippen MR) is 85.6 cm³/mol. The molecular weight excluding hydrogens is 308 g/mol. The largest absolute Gasteiger partial charge is 0.367 e. The third kappa shape index (κ3) is 3.49. The maximum atomic E-state index is 12.2. The van der Waals surface area contributed by atoms with Gasteiger partial charge in [-0.15, -0.1) is 0 Å². The molecule has 0 spiro atoms. The molecule has 2 aromatic carbocycles. The Morgan fingerprint density at radius 2 is 1.38 bits per heavy atom. The maximum Gasteiger partial charge on any atom is 0.328 e. The lowest BCUT2D eigenvalue weighted by molar-refractivity contribution is -0.144. The summed E-state index contributed by atoms with van der Waals surface area (Å²) in [5.41, 5.74) is 1.62. The summed E-state index contributed by atoms with van der Waals surface area (Å²) >= 11 is 0. The van der Waals surface area contributed by atoms with E-state index in [9.17, 15) is 14.4 Å². The Hall–Kier alpha value is -2.99. The zero-order valence-electron chi connectivity index (χ0n) is 12.8. The van der Waals surface area contributed by atoms with Crippen LogP contribution in [0.25, 0.3) is 0 Å². The molecule has 0 bridgehead atoms. The van der Waals surface area contributed by atoms with E-state index in [0.29, 0.717) is 5.56 Å². The molecule has 2 N–H and O–H groups in total. The van der Waals surface area contributed by atoms with Crippen LogP contribution in [-0.4, -0.2) is 17.8 Å². The van der Waals surface area contributed by atoms with E-state index in [1.54, 1.807) is 24.3 Å². The van der Waals surface area contributed by atoms with Gasteiger partial charge in [0.2, 0.25) is 11.8 Å². The fourth-order valence-electron chi connectivity index (χ4n) is 2.59. The highest BCUT2D eigenvalue weighted by Crippen LogP contribution is 2.29. The van der Waals surface area contributed by atoms with Gasteiger partial charge in [-0.3, -0.25) is 20.2 Å². The Balaban J connectivity index is 1.86. The van der Waals surface area contributed by atoms with Crippen molar-refractivity contribution in [3.05, 3.63) is 71.8 Å². The Morgan fingerprint density at radius 1 is 0.833 bits per heavy atom. The van der Waals surface area contributed by atoms with E-state index in [1.807, 2.05) is 36.4 Å². The van der Waals surface area contributed by atoms with Crippen molar-refractivity contribution >= 4 is 17.8 Å². The predicted octanol–water partition coefficient (Wildman–Crippen LogP) is 1.93. The normalized spacial score (nSPS) is 16.4. The number of imide groups is 2. The van der Waals surface area contributed by atoms with Crippen molar-refractivity contribution in [1.82, 2.24) is 10.6 Å². The first-order valence-electron chi connectivity index (χ1n) is 7.51. The molecule has 4 amide bonds. The first-order chi connectivity index (χ1) is 11.6. The number of nitrogens with one attached hydrogen (secondary N) is 2. The van der Waals surface area contributed by atoms with Crippen molar-refractivity contribution < 1.29 is 19.1 Å². The maximum absolute atomic E-state index is 12.2. The molecule has 6 nitrogen and oxygen atoms in total. The van der Waals surface area contributed by atoms with Crippen LogP contribution in [0, 0.1) is 5.92 Å². The van der Waals surface area contributed by atoms with Gasteiger partial charge in [0.05, 0.1) is 6.61 Å². The number of carbonyl (C=O) groups is 3.